The molecule has 28 heavy (non-hydrogen) atoms. The number of nitrogens with zero attached hydrogens (tertiary/aromatic N) is 4. The van der Waals surface area contributed by atoms with Crippen molar-refractivity contribution in [3.63, 3.8) is 0 Å². The van der Waals surface area contributed by atoms with Gasteiger partial charge in [0.25, 0.3) is 5.91 Å². The van der Waals surface area contributed by atoms with E-state index in [1.165, 1.54) is 6.20 Å². The van der Waals surface area contributed by atoms with Crippen LogP contribution in [0.25, 0.3) is 0 Å². The fraction of sp³-hybridized carbons (Fsp3) is 0.333. The molecule has 148 valence electrons. The Morgan fingerprint density at radius 2 is 2.14 bits per heavy atom. The smallest absolute Gasteiger partial charge is 0.256 e. The molecule has 0 bridgehead atoms. The zero-order valence-corrected chi connectivity index (χ0v) is 16.3. The SMILES string of the molecule is C=CCNC(=O)C(C=C)(CC)N(CCCn1ccnc1)C(=O)c1cccnc1. The zero-order valence-electron chi connectivity index (χ0n) is 16.3. The van der Waals surface area contributed by atoms with Gasteiger partial charge in [-0.3, -0.25) is 14.6 Å². The monoisotopic (exact) mass is 381 g/mol. The molecule has 0 saturated heterocycles. The molecule has 0 radical (unpaired) electrons. The van der Waals surface area contributed by atoms with Crippen LogP contribution in [0.2, 0.25) is 0 Å². The van der Waals surface area contributed by atoms with E-state index in [1.807, 2.05) is 17.7 Å². The molecule has 1 N–H and O–H groups in total. The van der Waals surface area contributed by atoms with E-state index in [-0.39, 0.29) is 11.8 Å². The summed E-state index contributed by atoms with van der Waals surface area (Å²) in [7, 11) is 0. The van der Waals surface area contributed by atoms with Gasteiger partial charge in [-0.1, -0.05) is 19.1 Å². The Balaban J connectivity index is 2.32. The van der Waals surface area contributed by atoms with Gasteiger partial charge in [-0.25, -0.2) is 4.98 Å². The normalized spacial score (nSPS) is 12.6. The predicted octanol–water partition coefficient (Wildman–Crippen LogP) is 2.45. The number of carbonyl (C=O) groups excluding carboxylic acids is 2. The lowest BCUT2D eigenvalue weighted by Crippen LogP contribution is -2.59. The minimum absolute atomic E-state index is 0.255. The third kappa shape index (κ3) is 4.73. The fourth-order valence-electron chi connectivity index (χ4n) is 3.10. The van der Waals surface area contributed by atoms with E-state index in [9.17, 15) is 9.59 Å². The number of pyridine rings is 1. The van der Waals surface area contributed by atoms with E-state index in [1.54, 1.807) is 47.9 Å². The molecule has 1 unspecified atom stereocenters. The second kappa shape index (κ2) is 10.2. The highest BCUT2D eigenvalue weighted by molar-refractivity contribution is 6.00. The Kier molecular flexibility index (Phi) is 7.68. The Bertz CT molecular complexity index is 788. The van der Waals surface area contributed by atoms with Gasteiger partial charge in [0.2, 0.25) is 5.91 Å². The molecule has 2 amide bonds. The molecular formula is C21H27N5O2. The zero-order chi connectivity index (χ0) is 20.4. The molecule has 0 aliphatic carbocycles. The second-order valence-electron chi connectivity index (χ2n) is 6.33. The van der Waals surface area contributed by atoms with Gasteiger partial charge >= 0.3 is 0 Å². The number of imidazole rings is 1. The van der Waals surface area contributed by atoms with E-state index in [0.29, 0.717) is 38.0 Å². The van der Waals surface area contributed by atoms with Crippen molar-refractivity contribution >= 4 is 11.8 Å². The van der Waals surface area contributed by atoms with Crippen molar-refractivity contribution < 1.29 is 9.59 Å². The molecule has 0 spiro atoms. The summed E-state index contributed by atoms with van der Waals surface area (Å²) < 4.78 is 1.94. The highest BCUT2D eigenvalue weighted by atomic mass is 16.2. The van der Waals surface area contributed by atoms with Gasteiger partial charge in [-0.05, 0) is 25.0 Å². The number of aromatic nitrogens is 3. The van der Waals surface area contributed by atoms with E-state index >= 15 is 0 Å². The molecule has 2 rings (SSSR count). The van der Waals surface area contributed by atoms with E-state index in [4.69, 9.17) is 0 Å². The number of rotatable bonds is 11. The van der Waals surface area contributed by atoms with Crippen molar-refractivity contribution in [2.45, 2.75) is 31.8 Å². The van der Waals surface area contributed by atoms with Gasteiger partial charge in [0.15, 0.2) is 0 Å². The quantitative estimate of drug-likeness (QED) is 0.606. The van der Waals surface area contributed by atoms with Crippen molar-refractivity contribution in [3.05, 3.63) is 74.1 Å². The van der Waals surface area contributed by atoms with Gasteiger partial charge in [-0.15, -0.1) is 13.2 Å². The van der Waals surface area contributed by atoms with Crippen molar-refractivity contribution in [2.24, 2.45) is 0 Å². The highest BCUT2D eigenvalue weighted by Gasteiger charge is 2.42. The summed E-state index contributed by atoms with van der Waals surface area (Å²) in [5.74, 6) is -0.529. The average molecular weight is 381 g/mol. The van der Waals surface area contributed by atoms with Crippen LogP contribution in [-0.2, 0) is 11.3 Å². The summed E-state index contributed by atoms with van der Waals surface area (Å²) in [6.45, 7) is 10.8. The van der Waals surface area contributed by atoms with E-state index in [0.717, 1.165) is 0 Å². The molecule has 0 aliphatic heterocycles. The molecule has 0 saturated carbocycles. The summed E-state index contributed by atoms with van der Waals surface area (Å²) in [6, 6.07) is 3.40. The lowest BCUT2D eigenvalue weighted by atomic mass is 9.91. The van der Waals surface area contributed by atoms with Crippen LogP contribution in [0.4, 0.5) is 0 Å². The van der Waals surface area contributed by atoms with Crippen LogP contribution in [0.5, 0.6) is 0 Å². The van der Waals surface area contributed by atoms with Crippen LogP contribution in [0.3, 0.4) is 0 Å². The van der Waals surface area contributed by atoms with Crippen LogP contribution >= 0.6 is 0 Å². The predicted molar refractivity (Wildman–Crippen MR) is 109 cm³/mol. The number of nitrogens with one attached hydrogen (secondary N) is 1. The second-order valence-corrected chi connectivity index (χ2v) is 6.33. The average Bonchev–Trinajstić information content (AvgIpc) is 3.25. The fourth-order valence-corrected chi connectivity index (χ4v) is 3.10. The number of hydrogen-bond donors (Lipinski definition) is 1. The first-order chi connectivity index (χ1) is 13.6. The van der Waals surface area contributed by atoms with Crippen molar-refractivity contribution in [2.75, 3.05) is 13.1 Å². The highest BCUT2D eigenvalue weighted by Crippen LogP contribution is 2.25. The Morgan fingerprint density at radius 3 is 2.71 bits per heavy atom. The van der Waals surface area contributed by atoms with Crippen molar-refractivity contribution in [1.29, 1.82) is 0 Å². The standard InChI is InChI=1S/C21H27N5O2/c1-4-10-24-20(28)21(5-2,6-3)26(14-8-13-25-15-12-23-17-25)19(27)18-9-7-11-22-16-18/h4-5,7,9,11-12,15-17H,1-2,6,8,10,13-14H2,3H3,(H,24,28). The summed E-state index contributed by atoms with van der Waals surface area (Å²) in [4.78, 5) is 36.0. The molecule has 2 aromatic rings. The lowest BCUT2D eigenvalue weighted by Gasteiger charge is -2.40. The molecule has 0 fully saturated rings. The van der Waals surface area contributed by atoms with Crippen LogP contribution in [-0.4, -0.2) is 49.9 Å². The number of carbonyl (C=O) groups is 2. The molecular weight excluding hydrogens is 354 g/mol. The lowest BCUT2D eigenvalue weighted by molar-refractivity contribution is -0.129. The first kappa shape index (κ1) is 21.1. The molecule has 7 heteroatoms. The first-order valence-electron chi connectivity index (χ1n) is 9.29. The van der Waals surface area contributed by atoms with Crippen molar-refractivity contribution in [3.8, 4) is 0 Å². The Labute approximate surface area is 165 Å². The molecule has 0 aliphatic rings. The van der Waals surface area contributed by atoms with Crippen molar-refractivity contribution in [1.82, 2.24) is 24.8 Å². The summed E-state index contributed by atoms with van der Waals surface area (Å²) in [5.41, 5.74) is -0.730. The van der Waals surface area contributed by atoms with E-state index in [2.05, 4.69) is 28.4 Å². The number of amides is 2. The van der Waals surface area contributed by atoms with Gasteiger partial charge in [0.05, 0.1) is 11.9 Å². The largest absolute Gasteiger partial charge is 0.350 e. The van der Waals surface area contributed by atoms with Gasteiger partial charge in [0.1, 0.15) is 5.54 Å². The van der Waals surface area contributed by atoms with Crippen LogP contribution in [0.1, 0.15) is 30.1 Å². The van der Waals surface area contributed by atoms with Gasteiger partial charge in [0, 0.05) is 44.4 Å². The summed E-state index contributed by atoms with van der Waals surface area (Å²) in [5, 5.41) is 2.81. The third-order valence-electron chi connectivity index (χ3n) is 4.67. The molecule has 2 heterocycles. The first-order valence-corrected chi connectivity index (χ1v) is 9.29. The van der Waals surface area contributed by atoms with Crippen LogP contribution in [0, 0.1) is 0 Å². The number of aryl methyl sites for hydroxylation is 1. The maximum Gasteiger partial charge on any atom is 0.256 e. The molecule has 2 aromatic heterocycles. The summed E-state index contributed by atoms with van der Waals surface area (Å²) >= 11 is 0. The minimum Gasteiger partial charge on any atom is -0.350 e. The van der Waals surface area contributed by atoms with Gasteiger partial charge < -0.3 is 14.8 Å². The van der Waals surface area contributed by atoms with Crippen LogP contribution in [0.15, 0.2) is 68.6 Å². The minimum atomic E-state index is -1.16. The maximum atomic E-state index is 13.3. The summed E-state index contributed by atoms with van der Waals surface area (Å²) in [6.07, 6.45) is 12.6. The Hall–Kier alpha value is -3.22. The molecule has 0 aromatic carbocycles. The molecule has 7 nitrogen and oxygen atoms in total. The maximum absolute atomic E-state index is 13.3. The molecule has 1 atom stereocenters. The van der Waals surface area contributed by atoms with Gasteiger partial charge in [-0.2, -0.15) is 0 Å². The Morgan fingerprint density at radius 1 is 1.32 bits per heavy atom. The van der Waals surface area contributed by atoms with Crippen LogP contribution < -0.4 is 5.32 Å². The number of hydrogen-bond acceptors (Lipinski definition) is 4. The third-order valence-corrected chi connectivity index (χ3v) is 4.67. The van der Waals surface area contributed by atoms with E-state index < -0.39 is 5.54 Å². The topological polar surface area (TPSA) is 80.1 Å².